The van der Waals surface area contributed by atoms with Crippen LogP contribution in [0.1, 0.15) is 0 Å². The lowest BCUT2D eigenvalue weighted by atomic mass is 10.3. The third kappa shape index (κ3) is 3.93. The molecular weight excluding hydrogens is 281 g/mol. The lowest BCUT2D eigenvalue weighted by Gasteiger charge is -2.09. The molecule has 0 radical (unpaired) electrons. The van der Waals surface area contributed by atoms with E-state index in [9.17, 15) is 0 Å². The van der Waals surface area contributed by atoms with E-state index in [4.69, 9.17) is 15.6 Å². The van der Waals surface area contributed by atoms with E-state index in [1.165, 1.54) is 0 Å². The largest absolute Gasteiger partial charge is 0.491 e. The summed E-state index contributed by atoms with van der Waals surface area (Å²) < 4.78 is 6.44. The van der Waals surface area contributed by atoms with Gasteiger partial charge in [0.15, 0.2) is 0 Å². The van der Waals surface area contributed by atoms with Gasteiger partial charge >= 0.3 is 0 Å². The molecule has 0 fully saturated rings. The number of nitrogens with two attached hydrogens (primary N) is 1. The smallest absolute Gasteiger partial charge is 0.119 e. The number of aliphatic hydroxyl groups is 1. The van der Waals surface area contributed by atoms with Crippen molar-refractivity contribution < 1.29 is 9.84 Å². The maximum atomic E-state index is 9.12. The van der Waals surface area contributed by atoms with Gasteiger partial charge in [-0.3, -0.25) is 0 Å². The van der Waals surface area contributed by atoms with Gasteiger partial charge in [0.05, 0.1) is 0 Å². The summed E-state index contributed by atoms with van der Waals surface area (Å²) in [6.45, 7) is 0.474. The molecule has 3 nitrogen and oxygen atoms in total. The van der Waals surface area contributed by atoms with Gasteiger partial charge in [0.1, 0.15) is 18.5 Å². The molecule has 1 aromatic rings. The number of ether oxygens (including phenoxy) is 1. The Morgan fingerprint density at radius 1 is 1.38 bits per heavy atom. The molecule has 13 heavy (non-hydrogen) atoms. The number of rotatable bonds is 4. The Bertz CT molecular complexity index is 250. The monoisotopic (exact) mass is 293 g/mol. The molecule has 0 aliphatic rings. The molecular formula is C9H12INO2. The first-order chi connectivity index (χ1) is 6.22. The Hall–Kier alpha value is -0.330. The maximum absolute atomic E-state index is 9.12. The minimum absolute atomic E-state index is 0.227. The highest BCUT2D eigenvalue weighted by Gasteiger charge is 2.01. The van der Waals surface area contributed by atoms with E-state index in [-0.39, 0.29) is 13.2 Å². The Balaban J connectivity index is 2.41. The minimum Gasteiger partial charge on any atom is -0.491 e. The van der Waals surface area contributed by atoms with Gasteiger partial charge in [-0.2, -0.15) is 0 Å². The number of benzene rings is 1. The van der Waals surface area contributed by atoms with Crippen LogP contribution in [0.4, 0.5) is 0 Å². The molecule has 1 atom stereocenters. The van der Waals surface area contributed by atoms with Crippen molar-refractivity contribution in [2.45, 2.75) is 6.10 Å². The van der Waals surface area contributed by atoms with E-state index < -0.39 is 6.10 Å². The Kier molecular flexibility index (Phi) is 4.47. The maximum Gasteiger partial charge on any atom is 0.119 e. The SMILES string of the molecule is NC[C@@H](O)COc1ccc(I)cc1. The van der Waals surface area contributed by atoms with Crippen LogP contribution in [0, 0.1) is 3.57 Å². The van der Waals surface area contributed by atoms with E-state index in [1.807, 2.05) is 24.3 Å². The van der Waals surface area contributed by atoms with Crippen molar-refractivity contribution in [3.8, 4) is 5.75 Å². The fraction of sp³-hybridized carbons (Fsp3) is 0.333. The molecule has 0 saturated carbocycles. The second-order valence-corrected chi connectivity index (χ2v) is 3.90. The fourth-order valence-electron chi connectivity index (χ4n) is 0.791. The molecule has 4 heteroatoms. The number of hydrogen-bond donors (Lipinski definition) is 2. The van der Waals surface area contributed by atoms with Gasteiger partial charge in [-0.05, 0) is 46.9 Å². The van der Waals surface area contributed by atoms with Crippen molar-refractivity contribution in [3.05, 3.63) is 27.8 Å². The van der Waals surface area contributed by atoms with Crippen molar-refractivity contribution in [2.75, 3.05) is 13.2 Å². The molecule has 0 spiro atoms. The second kappa shape index (κ2) is 5.41. The van der Waals surface area contributed by atoms with Crippen LogP contribution < -0.4 is 10.5 Å². The van der Waals surface area contributed by atoms with Gasteiger partial charge in [-0.15, -0.1) is 0 Å². The zero-order valence-electron chi connectivity index (χ0n) is 7.11. The van der Waals surface area contributed by atoms with Gasteiger partial charge < -0.3 is 15.6 Å². The molecule has 72 valence electrons. The van der Waals surface area contributed by atoms with Crippen LogP contribution in [0.5, 0.6) is 5.75 Å². The van der Waals surface area contributed by atoms with Gasteiger partial charge in [0.25, 0.3) is 0 Å². The van der Waals surface area contributed by atoms with Crippen LogP contribution in [0.25, 0.3) is 0 Å². The molecule has 0 amide bonds. The van der Waals surface area contributed by atoms with Gasteiger partial charge in [0.2, 0.25) is 0 Å². The first-order valence-electron chi connectivity index (χ1n) is 3.99. The fourth-order valence-corrected chi connectivity index (χ4v) is 1.15. The van der Waals surface area contributed by atoms with Gasteiger partial charge in [0, 0.05) is 10.1 Å². The number of halogens is 1. The van der Waals surface area contributed by atoms with Crippen molar-refractivity contribution in [1.82, 2.24) is 0 Å². The van der Waals surface area contributed by atoms with Crippen LogP contribution in [0.15, 0.2) is 24.3 Å². The highest BCUT2D eigenvalue weighted by Crippen LogP contribution is 2.13. The predicted octanol–water partition coefficient (Wildman–Crippen LogP) is 0.990. The van der Waals surface area contributed by atoms with E-state index in [1.54, 1.807) is 0 Å². The molecule has 1 rings (SSSR count). The summed E-state index contributed by atoms with van der Waals surface area (Å²) in [6, 6.07) is 7.63. The summed E-state index contributed by atoms with van der Waals surface area (Å²) >= 11 is 2.22. The summed E-state index contributed by atoms with van der Waals surface area (Å²) in [7, 11) is 0. The van der Waals surface area contributed by atoms with Gasteiger partial charge in [-0.25, -0.2) is 0 Å². The molecule has 0 bridgehead atoms. The van der Waals surface area contributed by atoms with Crippen molar-refractivity contribution in [3.63, 3.8) is 0 Å². The lowest BCUT2D eigenvalue weighted by Crippen LogP contribution is -2.26. The van der Waals surface area contributed by atoms with Crippen LogP contribution in [0.2, 0.25) is 0 Å². The molecule has 0 aliphatic heterocycles. The third-order valence-electron chi connectivity index (χ3n) is 1.53. The second-order valence-electron chi connectivity index (χ2n) is 2.65. The minimum atomic E-state index is -0.584. The average Bonchev–Trinajstić information content (AvgIpc) is 2.16. The molecule has 0 unspecified atom stereocenters. The summed E-state index contributed by atoms with van der Waals surface area (Å²) in [6.07, 6.45) is -0.584. The van der Waals surface area contributed by atoms with Crippen LogP contribution in [-0.4, -0.2) is 24.4 Å². The van der Waals surface area contributed by atoms with Crippen molar-refractivity contribution in [2.24, 2.45) is 5.73 Å². The number of aliphatic hydroxyl groups excluding tert-OH is 1. The van der Waals surface area contributed by atoms with E-state index in [0.717, 1.165) is 9.32 Å². The summed E-state index contributed by atoms with van der Waals surface area (Å²) in [5, 5.41) is 9.12. The van der Waals surface area contributed by atoms with E-state index in [0.29, 0.717) is 0 Å². The molecule has 0 heterocycles. The van der Waals surface area contributed by atoms with E-state index in [2.05, 4.69) is 22.6 Å². The summed E-state index contributed by atoms with van der Waals surface area (Å²) in [5.74, 6) is 0.757. The van der Waals surface area contributed by atoms with Crippen molar-refractivity contribution in [1.29, 1.82) is 0 Å². The van der Waals surface area contributed by atoms with Gasteiger partial charge in [-0.1, -0.05) is 0 Å². The third-order valence-corrected chi connectivity index (χ3v) is 2.25. The summed E-state index contributed by atoms with van der Waals surface area (Å²) in [5.41, 5.74) is 5.23. The lowest BCUT2D eigenvalue weighted by molar-refractivity contribution is 0.114. The molecule has 0 aliphatic carbocycles. The zero-order valence-corrected chi connectivity index (χ0v) is 9.27. The Labute approximate surface area is 91.0 Å². The molecule has 1 aromatic carbocycles. The summed E-state index contributed by atoms with van der Waals surface area (Å²) in [4.78, 5) is 0. The zero-order chi connectivity index (χ0) is 9.68. The first-order valence-corrected chi connectivity index (χ1v) is 5.06. The van der Waals surface area contributed by atoms with Crippen molar-refractivity contribution >= 4 is 22.6 Å². The predicted molar refractivity (Wildman–Crippen MR) is 59.7 cm³/mol. The highest BCUT2D eigenvalue weighted by atomic mass is 127. The number of hydrogen-bond acceptors (Lipinski definition) is 3. The van der Waals surface area contributed by atoms with E-state index >= 15 is 0 Å². The Morgan fingerprint density at radius 3 is 2.54 bits per heavy atom. The van der Waals surface area contributed by atoms with Crippen LogP contribution in [-0.2, 0) is 0 Å². The normalized spacial score (nSPS) is 12.5. The molecule has 3 N–H and O–H groups in total. The molecule has 0 aromatic heterocycles. The Morgan fingerprint density at radius 2 is 2.00 bits per heavy atom. The first kappa shape index (κ1) is 10.7. The van der Waals surface area contributed by atoms with Crippen LogP contribution >= 0.6 is 22.6 Å². The standard InChI is InChI=1S/C9H12INO2/c10-7-1-3-9(4-2-7)13-6-8(12)5-11/h1-4,8,12H,5-6,11H2/t8-/m1/s1. The topological polar surface area (TPSA) is 55.5 Å². The highest BCUT2D eigenvalue weighted by molar-refractivity contribution is 14.1. The molecule has 0 saturated heterocycles. The average molecular weight is 293 g/mol. The quantitative estimate of drug-likeness (QED) is 0.814. The van der Waals surface area contributed by atoms with Crippen LogP contribution in [0.3, 0.4) is 0 Å².